The summed E-state index contributed by atoms with van der Waals surface area (Å²) in [5.74, 6) is -0.211. The Morgan fingerprint density at radius 2 is 1.88 bits per heavy atom. The molecule has 0 fully saturated rings. The van der Waals surface area contributed by atoms with Gasteiger partial charge in [-0.25, -0.2) is 0 Å². The Morgan fingerprint density at radius 3 is 2.77 bits per heavy atom. The minimum Gasteiger partial charge on any atom is -0.358 e. The Labute approximate surface area is 152 Å². The molecule has 2 aromatic carbocycles. The molecular formula is C21H21N3O2. The first-order valence-electron chi connectivity index (χ1n) is 8.84. The van der Waals surface area contributed by atoms with Crippen molar-refractivity contribution < 1.29 is 9.59 Å². The van der Waals surface area contributed by atoms with E-state index in [2.05, 4.69) is 10.3 Å². The lowest BCUT2D eigenvalue weighted by atomic mass is 10.1. The van der Waals surface area contributed by atoms with Crippen molar-refractivity contribution in [1.82, 2.24) is 10.3 Å². The number of aromatic amines is 1. The monoisotopic (exact) mass is 347 g/mol. The number of benzene rings is 2. The Kier molecular flexibility index (Phi) is 4.21. The number of nitrogens with zero attached hydrogens (tertiary/aromatic N) is 1. The lowest BCUT2D eigenvalue weighted by molar-refractivity contribution is -0.124. The highest BCUT2D eigenvalue weighted by atomic mass is 16.2. The summed E-state index contributed by atoms with van der Waals surface area (Å²) in [5.41, 5.74) is 5.14. The van der Waals surface area contributed by atoms with Crippen molar-refractivity contribution in [3.63, 3.8) is 0 Å². The number of aryl methyl sites for hydroxylation is 1. The summed E-state index contributed by atoms with van der Waals surface area (Å²) >= 11 is 0. The number of rotatable bonds is 4. The topological polar surface area (TPSA) is 65.2 Å². The molecule has 0 unspecified atom stereocenters. The predicted molar refractivity (Wildman–Crippen MR) is 102 cm³/mol. The fourth-order valence-electron chi connectivity index (χ4n) is 3.65. The number of hydrogen-bond acceptors (Lipinski definition) is 2. The lowest BCUT2D eigenvalue weighted by Gasteiger charge is -2.17. The second-order valence-electron chi connectivity index (χ2n) is 6.65. The van der Waals surface area contributed by atoms with Crippen LogP contribution in [0.1, 0.15) is 16.8 Å². The summed E-state index contributed by atoms with van der Waals surface area (Å²) < 4.78 is 0. The van der Waals surface area contributed by atoms with Crippen molar-refractivity contribution in [1.29, 1.82) is 0 Å². The van der Waals surface area contributed by atoms with Crippen LogP contribution in [0, 0.1) is 6.92 Å². The maximum Gasteiger partial charge on any atom is 0.246 e. The van der Waals surface area contributed by atoms with Crippen LogP contribution in [0.25, 0.3) is 10.9 Å². The van der Waals surface area contributed by atoms with Crippen molar-refractivity contribution in [2.45, 2.75) is 19.8 Å². The average molecular weight is 347 g/mol. The number of para-hydroxylation sites is 2. The Bertz CT molecular complexity index is 990. The number of anilines is 1. The molecule has 2 heterocycles. The van der Waals surface area contributed by atoms with Gasteiger partial charge in [-0.2, -0.15) is 0 Å². The first-order chi connectivity index (χ1) is 12.6. The van der Waals surface area contributed by atoms with E-state index in [4.69, 9.17) is 0 Å². The number of hydrogen-bond donors (Lipinski definition) is 2. The zero-order valence-electron chi connectivity index (χ0n) is 14.7. The van der Waals surface area contributed by atoms with E-state index in [0.29, 0.717) is 6.54 Å². The minimum absolute atomic E-state index is 0.0224. The number of carbonyl (C=O) groups is 2. The molecule has 2 N–H and O–H groups in total. The maximum atomic E-state index is 12.5. The molecule has 0 bridgehead atoms. The van der Waals surface area contributed by atoms with E-state index in [1.165, 1.54) is 5.56 Å². The van der Waals surface area contributed by atoms with Gasteiger partial charge >= 0.3 is 0 Å². The zero-order valence-corrected chi connectivity index (χ0v) is 14.7. The van der Waals surface area contributed by atoms with Crippen LogP contribution >= 0.6 is 0 Å². The van der Waals surface area contributed by atoms with Crippen LogP contribution in [-0.2, 0) is 22.4 Å². The standard InChI is InChI=1S/C21H21N3O2/c1-14-17(16-7-3-4-8-18(16)23-14)12-20(25)22-13-21(26)24-11-10-15-6-2-5-9-19(15)24/h2-9,23H,10-13H2,1H3,(H,22,25). The number of nitrogens with one attached hydrogen (secondary N) is 2. The van der Waals surface area contributed by atoms with Gasteiger partial charge < -0.3 is 15.2 Å². The summed E-state index contributed by atoms with van der Waals surface area (Å²) in [4.78, 5) is 29.9. The molecule has 0 saturated heterocycles. The second kappa shape index (κ2) is 6.67. The fourth-order valence-corrected chi connectivity index (χ4v) is 3.65. The van der Waals surface area contributed by atoms with Crippen LogP contribution in [0.4, 0.5) is 5.69 Å². The normalized spacial score (nSPS) is 13.0. The van der Waals surface area contributed by atoms with Crippen molar-refractivity contribution in [2.24, 2.45) is 0 Å². The summed E-state index contributed by atoms with van der Waals surface area (Å²) in [6.07, 6.45) is 1.13. The number of H-pyrrole nitrogens is 1. The molecule has 1 aliphatic rings. The van der Waals surface area contributed by atoms with Crippen LogP contribution in [0.3, 0.4) is 0 Å². The predicted octanol–water partition coefficient (Wildman–Crippen LogP) is 2.72. The van der Waals surface area contributed by atoms with E-state index in [0.717, 1.165) is 34.3 Å². The number of amides is 2. The lowest BCUT2D eigenvalue weighted by Crippen LogP contribution is -2.40. The van der Waals surface area contributed by atoms with Crippen LogP contribution in [0.15, 0.2) is 48.5 Å². The van der Waals surface area contributed by atoms with Gasteiger partial charge in [-0.1, -0.05) is 36.4 Å². The molecule has 1 aromatic heterocycles. The smallest absolute Gasteiger partial charge is 0.246 e. The van der Waals surface area contributed by atoms with Gasteiger partial charge in [0.1, 0.15) is 0 Å². The van der Waals surface area contributed by atoms with E-state index >= 15 is 0 Å². The van der Waals surface area contributed by atoms with Gasteiger partial charge in [0.25, 0.3) is 0 Å². The Hall–Kier alpha value is -3.08. The van der Waals surface area contributed by atoms with Gasteiger partial charge in [0, 0.05) is 28.8 Å². The Morgan fingerprint density at radius 1 is 1.12 bits per heavy atom. The third-order valence-corrected chi connectivity index (χ3v) is 4.99. The highest BCUT2D eigenvalue weighted by Gasteiger charge is 2.24. The Balaban J connectivity index is 1.40. The summed E-state index contributed by atoms with van der Waals surface area (Å²) in [6.45, 7) is 2.67. The second-order valence-corrected chi connectivity index (χ2v) is 6.65. The van der Waals surface area contributed by atoms with Crippen LogP contribution < -0.4 is 10.2 Å². The van der Waals surface area contributed by atoms with E-state index in [-0.39, 0.29) is 24.8 Å². The van der Waals surface area contributed by atoms with E-state index in [1.807, 2.05) is 55.5 Å². The maximum absolute atomic E-state index is 12.5. The summed E-state index contributed by atoms with van der Waals surface area (Å²) in [5, 5.41) is 3.83. The van der Waals surface area contributed by atoms with Gasteiger partial charge in [0.2, 0.25) is 11.8 Å². The molecule has 132 valence electrons. The van der Waals surface area contributed by atoms with Crippen LogP contribution in [0.5, 0.6) is 0 Å². The SMILES string of the molecule is Cc1[nH]c2ccccc2c1CC(=O)NCC(=O)N1CCc2ccccc21. The average Bonchev–Trinajstić information content (AvgIpc) is 3.21. The molecule has 0 radical (unpaired) electrons. The van der Waals surface area contributed by atoms with Crippen LogP contribution in [0.2, 0.25) is 0 Å². The van der Waals surface area contributed by atoms with E-state index in [1.54, 1.807) is 4.90 Å². The van der Waals surface area contributed by atoms with Gasteiger partial charge in [-0.05, 0) is 36.6 Å². The highest BCUT2D eigenvalue weighted by molar-refractivity contribution is 5.99. The largest absolute Gasteiger partial charge is 0.358 e. The van der Waals surface area contributed by atoms with Gasteiger partial charge in [0.05, 0.1) is 13.0 Å². The fraction of sp³-hybridized carbons (Fsp3) is 0.238. The first-order valence-corrected chi connectivity index (χ1v) is 8.84. The number of aromatic nitrogens is 1. The van der Waals surface area contributed by atoms with Crippen molar-refractivity contribution in [3.05, 3.63) is 65.4 Å². The molecule has 0 spiro atoms. The molecule has 0 atom stereocenters. The number of fused-ring (bicyclic) bond motifs is 2. The molecule has 0 saturated carbocycles. The zero-order chi connectivity index (χ0) is 18.1. The van der Waals surface area contributed by atoms with Gasteiger partial charge in [-0.15, -0.1) is 0 Å². The molecule has 1 aliphatic heterocycles. The number of carbonyl (C=O) groups excluding carboxylic acids is 2. The van der Waals surface area contributed by atoms with Gasteiger partial charge in [-0.3, -0.25) is 9.59 Å². The first kappa shape index (κ1) is 16.4. The molecule has 0 aliphatic carbocycles. The third kappa shape index (κ3) is 2.96. The van der Waals surface area contributed by atoms with E-state index in [9.17, 15) is 9.59 Å². The van der Waals surface area contributed by atoms with Crippen molar-refractivity contribution >= 4 is 28.4 Å². The summed E-state index contributed by atoms with van der Waals surface area (Å²) in [7, 11) is 0. The van der Waals surface area contributed by atoms with E-state index < -0.39 is 0 Å². The molecule has 26 heavy (non-hydrogen) atoms. The molecule has 5 heteroatoms. The third-order valence-electron chi connectivity index (χ3n) is 4.99. The quantitative estimate of drug-likeness (QED) is 0.762. The van der Waals surface area contributed by atoms with Gasteiger partial charge in [0.15, 0.2) is 0 Å². The molecule has 2 amide bonds. The highest BCUT2D eigenvalue weighted by Crippen LogP contribution is 2.27. The summed E-state index contributed by atoms with van der Waals surface area (Å²) in [6, 6.07) is 15.9. The van der Waals surface area contributed by atoms with Crippen molar-refractivity contribution in [2.75, 3.05) is 18.0 Å². The minimum atomic E-state index is -0.140. The van der Waals surface area contributed by atoms with Crippen molar-refractivity contribution in [3.8, 4) is 0 Å². The molecule has 5 nitrogen and oxygen atoms in total. The molecule has 4 rings (SSSR count). The molecule has 3 aromatic rings. The molecular weight excluding hydrogens is 326 g/mol. The van der Waals surface area contributed by atoms with Crippen LogP contribution in [-0.4, -0.2) is 29.9 Å².